The van der Waals surface area contributed by atoms with E-state index in [0.717, 1.165) is 27.2 Å². The number of benzene rings is 7. The summed E-state index contributed by atoms with van der Waals surface area (Å²) in [6, 6.07) is 41.9. The average molecular weight is 1680 g/mol. The molecule has 0 fully saturated rings. The molecule has 2 aliphatic rings. The van der Waals surface area contributed by atoms with Gasteiger partial charge in [-0.15, -0.1) is 0 Å². The van der Waals surface area contributed by atoms with Crippen LogP contribution in [0.5, 0.6) is 28.7 Å². The number of hydrogen-bond donors (Lipinski definition) is 7. The summed E-state index contributed by atoms with van der Waals surface area (Å²) < 4.78 is 61.9. The largest absolute Gasteiger partial charge is 0.507 e. The molecule has 10 N–H and O–H groups in total. The van der Waals surface area contributed by atoms with Gasteiger partial charge in [0, 0.05) is 112 Å². The summed E-state index contributed by atoms with van der Waals surface area (Å²) in [5.41, 5.74) is 19.4. The normalized spacial score (nSPS) is 17.0. The summed E-state index contributed by atoms with van der Waals surface area (Å²) >= 11 is 0. The van der Waals surface area contributed by atoms with Crippen molar-refractivity contribution < 1.29 is 85.1 Å². The van der Waals surface area contributed by atoms with Gasteiger partial charge in [-0.3, -0.25) is 38.5 Å². The molecule has 120 heavy (non-hydrogen) atoms. The van der Waals surface area contributed by atoms with Crippen LogP contribution in [0.1, 0.15) is 139 Å². The van der Waals surface area contributed by atoms with E-state index >= 15 is 4.79 Å². The summed E-state index contributed by atoms with van der Waals surface area (Å²) in [5.74, 6) is -6.63. The molecule has 0 saturated heterocycles. The van der Waals surface area contributed by atoms with Gasteiger partial charge in [-0.05, 0) is 113 Å². The molecule has 0 radical (unpaired) electrons. The number of nitriles is 1. The van der Waals surface area contributed by atoms with Crippen molar-refractivity contribution in [2.24, 2.45) is 34.4 Å². The highest BCUT2D eigenvalue weighted by atomic mass is 32.2. The van der Waals surface area contributed by atoms with Gasteiger partial charge in [0.25, 0.3) is 10.2 Å². The zero-order valence-corrected chi connectivity index (χ0v) is 71.0. The molecule has 4 amide bonds. The van der Waals surface area contributed by atoms with Crippen LogP contribution in [-0.2, 0) is 84.7 Å². The number of Topliss-reactive ketones (excluding diaryl/α,β-unsaturated/α-hetero) is 4. The van der Waals surface area contributed by atoms with Gasteiger partial charge in [-0.2, -0.15) is 27.2 Å². The highest BCUT2D eigenvalue weighted by Gasteiger charge is 2.40. The lowest BCUT2D eigenvalue weighted by Crippen LogP contribution is -2.46. The molecule has 3 heterocycles. The minimum Gasteiger partial charge on any atom is -0.507 e. The smallest absolute Gasteiger partial charge is 0.410 e. The van der Waals surface area contributed by atoms with Crippen LogP contribution >= 0.6 is 13.5 Å². The summed E-state index contributed by atoms with van der Waals surface area (Å²) in [6.45, 7) is 12.6. The van der Waals surface area contributed by atoms with Gasteiger partial charge < -0.3 is 60.5 Å². The Labute approximate surface area is 706 Å². The van der Waals surface area contributed by atoms with Gasteiger partial charge in [0.15, 0.2) is 40.5 Å². The molecule has 10 rings (SSSR count). The van der Waals surface area contributed by atoms with Crippen molar-refractivity contribution in [1.82, 2.24) is 35.1 Å². The average Bonchev–Trinajstić information content (AvgIpc) is 0.770. The van der Waals surface area contributed by atoms with E-state index in [1.807, 2.05) is 91.0 Å². The fourth-order valence-electron chi connectivity index (χ4n) is 14.2. The van der Waals surface area contributed by atoms with Crippen LogP contribution in [0.15, 0.2) is 152 Å². The number of nitrogens with one attached hydrogen (secondary N) is 3. The number of phenolic OH excluding ortho intramolecular Hbond substituents is 1. The number of nitrogens with two attached hydrogens (primary N) is 3. The quantitative estimate of drug-likeness (QED) is 0.0196. The Hall–Kier alpha value is -11.9. The van der Waals surface area contributed by atoms with Crippen LogP contribution in [0.3, 0.4) is 0 Å². The van der Waals surface area contributed by atoms with Gasteiger partial charge >= 0.3 is 12.1 Å². The minimum absolute atomic E-state index is 0. The van der Waals surface area contributed by atoms with Crippen molar-refractivity contribution in [2.75, 3.05) is 61.2 Å². The Morgan fingerprint density at radius 3 is 1.72 bits per heavy atom. The van der Waals surface area contributed by atoms with Crippen LogP contribution in [0.25, 0.3) is 33.6 Å². The Morgan fingerprint density at radius 2 is 1.18 bits per heavy atom. The second kappa shape index (κ2) is 42.7. The van der Waals surface area contributed by atoms with Gasteiger partial charge in [-0.1, -0.05) is 138 Å². The van der Waals surface area contributed by atoms with Gasteiger partial charge in [0.05, 0.1) is 49.2 Å². The second-order valence-corrected chi connectivity index (χ2v) is 31.8. The number of aromatic nitrogens is 2. The molecule has 8 bridgehead atoms. The Bertz CT molecular complexity index is 5180. The Balaban J connectivity index is 0.000000318. The number of aryl methyl sites for hydroxylation is 2. The van der Waals surface area contributed by atoms with E-state index in [0.29, 0.717) is 67.7 Å². The number of esters is 1. The molecule has 0 unspecified atom stereocenters. The number of ketones is 4. The first-order valence-corrected chi connectivity index (χ1v) is 40.4. The van der Waals surface area contributed by atoms with E-state index in [9.17, 15) is 57.1 Å². The highest BCUT2D eigenvalue weighted by molar-refractivity contribution is 7.87. The third-order valence-corrected chi connectivity index (χ3v) is 21.0. The van der Waals surface area contributed by atoms with Gasteiger partial charge in [0.1, 0.15) is 61.8 Å². The van der Waals surface area contributed by atoms with Crippen molar-refractivity contribution in [1.29, 1.82) is 5.26 Å². The number of carbonyl (C=O) groups is 9. The molecule has 1 aromatic heterocycles. The molecule has 8 aromatic rings. The van der Waals surface area contributed by atoms with Crippen LogP contribution in [0.2, 0.25) is 0 Å². The van der Waals surface area contributed by atoms with E-state index in [4.69, 9.17) is 45.0 Å². The molecule has 636 valence electrons. The first-order chi connectivity index (χ1) is 56.6. The number of rotatable bonds is 26. The molecule has 7 atom stereocenters. The number of nitrogens with zero attached hydrogens (tertiary/aromatic N) is 5. The molecule has 31 heteroatoms. The lowest BCUT2D eigenvalue weighted by atomic mass is 9.86. The second-order valence-electron chi connectivity index (χ2n) is 30.5. The Kier molecular flexibility index (Phi) is 33.3. The maximum atomic E-state index is 15.1. The maximum Gasteiger partial charge on any atom is 0.410 e. The van der Waals surface area contributed by atoms with Crippen molar-refractivity contribution in [3.63, 3.8) is 0 Å². The van der Waals surface area contributed by atoms with Crippen LogP contribution in [-0.4, -0.2) is 159 Å². The predicted molar refractivity (Wildman–Crippen MR) is 455 cm³/mol. The summed E-state index contributed by atoms with van der Waals surface area (Å²) in [7, 11) is 1.03. The van der Waals surface area contributed by atoms with Gasteiger partial charge in [-0.25, -0.2) is 29.4 Å². The molecule has 0 spiro atoms. The summed E-state index contributed by atoms with van der Waals surface area (Å²) in [5, 5.41) is 31.4. The van der Waals surface area contributed by atoms with E-state index in [-0.39, 0.29) is 119 Å². The van der Waals surface area contributed by atoms with Crippen molar-refractivity contribution >= 4 is 76.6 Å². The number of phenols is 1. The third-order valence-electron chi connectivity index (χ3n) is 20.5. The predicted octanol–water partition coefficient (Wildman–Crippen LogP) is 9.97. The SMILES string of the molecule is COC(=O)[C@@H]1Cc2ccc(OCc3ccccc3)c(c2)-c2cc(ccc2O)[C@H](N(C)C(=O)OCc2ccccc2)C(=O)C[C@@H](C)C(=O)N1.COc1c(OCCN)cc2cc1-c1cc(ccc1OCCN)C[C@@H](C(=O)CCC#N)NC(=O)[C@H](C)CC(=O)[C@H]2N(C)C(=O)[C@H](CNS(N)(=O)=O)CC(=O)c1c(C)nc(-c2ccc(C(C)(C)C)cc2)nc1C.S. The first-order valence-electron chi connectivity index (χ1n) is 38.9. The van der Waals surface area contributed by atoms with E-state index in [2.05, 4.69) is 46.1 Å². The monoisotopic (exact) mass is 1680 g/mol. The molecular formula is C89H105N11O18S2. The van der Waals surface area contributed by atoms with E-state index < -0.39 is 124 Å². The summed E-state index contributed by atoms with van der Waals surface area (Å²) in [4.78, 5) is 137. The third kappa shape index (κ3) is 24.4. The van der Waals surface area contributed by atoms with Crippen LogP contribution in [0, 0.1) is 42.9 Å². The fraction of sp³-hybridized carbons (Fsp3) is 0.371. The number of carbonyl (C=O) groups excluding carboxylic acids is 9. The highest BCUT2D eigenvalue weighted by Crippen LogP contribution is 2.47. The number of methoxy groups -OCH3 is 2. The van der Waals surface area contributed by atoms with Crippen LogP contribution < -0.4 is 50.9 Å². The van der Waals surface area contributed by atoms with Crippen molar-refractivity contribution in [3.8, 4) is 68.5 Å². The topological polar surface area (TPSA) is 434 Å². The number of likely N-dealkylation sites (N-methyl/N-ethyl adjacent to an activating group) is 2. The van der Waals surface area contributed by atoms with Gasteiger partial charge in [0.2, 0.25) is 17.7 Å². The zero-order valence-electron chi connectivity index (χ0n) is 69.1. The van der Waals surface area contributed by atoms with E-state index in [1.165, 1.54) is 52.3 Å². The first kappa shape index (κ1) is 93.6. The lowest BCUT2D eigenvalue weighted by Gasteiger charge is -2.32. The van der Waals surface area contributed by atoms with E-state index in [1.54, 1.807) is 75.4 Å². The standard InChI is InChI=1S/C51H65N9O10S.C38H38N2O8.H2S/c1-29-22-42(63)46(60(7)50(65)35(28-56-71(55,66)67)26-41(62)45-30(2)57-48(58-31(45)3)33-12-14-36(15-13-33)51(4,5)6)34-25-38(47(68-8)44(27-34)70-21-19-54)37-23-32(11-16-43(37)69-20-18-53)24-39(59-49(29)64)40(61)10-9-17-52;1-24-18-33(42)35(40(2)38(45)48-23-26-12-8-5-9-13-26)28-15-16-32(41)29(21-28)30-19-27(20-31(37(44)46-3)39-36(24)43)14-17-34(30)47-22-25-10-6-4-7-11-25;/h11-16,23,25,27,29,35,39,46,56H,9-10,18-22,24,26,28,53-54H2,1-8H3,(H,59,64)(H2,55,66,67);4-17,19,21,24,31,35,41H,18,20,22-23H2,1-3H3,(H,39,43);1H2/t29-,35+,39+,46+;24-,31+,35+;/m11./s1. The zero-order chi connectivity index (χ0) is 86.6. The molecule has 0 saturated carbocycles. The number of ether oxygens (including phenoxy) is 6. The minimum atomic E-state index is -4.41. The Morgan fingerprint density at radius 1 is 0.650 bits per heavy atom. The number of fused-ring (bicyclic) bond motifs is 10. The molecule has 29 nitrogen and oxygen atoms in total. The number of hydrogen-bond acceptors (Lipinski definition) is 23. The maximum absolute atomic E-state index is 15.1. The molecule has 2 aliphatic heterocycles. The van der Waals surface area contributed by atoms with Crippen LogP contribution in [0.4, 0.5) is 4.79 Å². The van der Waals surface area contributed by atoms with Crippen molar-refractivity contribution in [2.45, 2.75) is 136 Å². The molecular weight excluding hydrogens is 1580 g/mol. The number of amides is 4. The van der Waals surface area contributed by atoms with Crippen molar-refractivity contribution in [3.05, 3.63) is 208 Å². The number of aromatic hydroxyl groups is 1. The molecule has 7 aromatic carbocycles. The molecule has 0 aliphatic carbocycles. The lowest BCUT2D eigenvalue weighted by molar-refractivity contribution is -0.145. The summed E-state index contributed by atoms with van der Waals surface area (Å²) in [6.07, 6.45) is -2.12. The fourth-order valence-corrected chi connectivity index (χ4v) is 14.6.